The molecule has 4 aromatic carbocycles. The average molecular weight is 477 g/mol. The minimum atomic E-state index is -0.636. The molecule has 5 rings (SSSR count). The summed E-state index contributed by atoms with van der Waals surface area (Å²) in [5.41, 5.74) is 4.49. The van der Waals surface area contributed by atoms with Gasteiger partial charge in [0.1, 0.15) is 11.4 Å². The molecule has 4 aromatic rings. The topological polar surface area (TPSA) is 41.6 Å². The van der Waals surface area contributed by atoms with Crippen LogP contribution in [0, 0.1) is 0 Å². The van der Waals surface area contributed by atoms with Gasteiger partial charge in [-0.3, -0.25) is 4.79 Å². The quantitative estimate of drug-likeness (QED) is 0.293. The molecule has 0 fully saturated rings. The van der Waals surface area contributed by atoms with Gasteiger partial charge in [-0.2, -0.15) is 0 Å². The standard InChI is InChI=1S/C32H32N2O2/c1-2-32(27-17-19-28(20-18-27)36-24-22-26-13-7-4-8-14-26)33-30-16-10-9-15-29(30)31(35)34(32)23-21-25-11-5-3-6-12-25/h3-20,33H,2,21-24H2,1H3. The first-order valence-corrected chi connectivity index (χ1v) is 12.7. The minimum absolute atomic E-state index is 0.0605. The SMILES string of the molecule is CCC1(c2ccc(OCCc3ccccc3)cc2)Nc2ccccc2C(=O)N1CCc1ccccc1. The van der Waals surface area contributed by atoms with Crippen molar-refractivity contribution >= 4 is 11.6 Å². The van der Waals surface area contributed by atoms with Crippen LogP contribution >= 0.6 is 0 Å². The second-order valence-electron chi connectivity index (χ2n) is 9.19. The van der Waals surface area contributed by atoms with E-state index in [1.54, 1.807) is 0 Å². The summed E-state index contributed by atoms with van der Waals surface area (Å²) < 4.78 is 6.03. The van der Waals surface area contributed by atoms with Crippen molar-refractivity contribution in [2.75, 3.05) is 18.5 Å². The second-order valence-corrected chi connectivity index (χ2v) is 9.19. The molecule has 1 unspecified atom stereocenters. The van der Waals surface area contributed by atoms with Gasteiger partial charge < -0.3 is 15.0 Å². The lowest BCUT2D eigenvalue weighted by atomic mass is 9.89. The highest BCUT2D eigenvalue weighted by Crippen LogP contribution is 2.40. The zero-order chi connectivity index (χ0) is 24.8. The van der Waals surface area contributed by atoms with Gasteiger partial charge in [0.25, 0.3) is 5.91 Å². The van der Waals surface area contributed by atoms with E-state index in [-0.39, 0.29) is 5.91 Å². The highest BCUT2D eigenvalue weighted by Gasteiger charge is 2.44. The van der Waals surface area contributed by atoms with E-state index in [0.29, 0.717) is 13.2 Å². The fourth-order valence-electron chi connectivity index (χ4n) is 5.04. The van der Waals surface area contributed by atoms with Gasteiger partial charge in [0.15, 0.2) is 0 Å². The van der Waals surface area contributed by atoms with Crippen LogP contribution < -0.4 is 10.1 Å². The van der Waals surface area contributed by atoms with E-state index >= 15 is 0 Å². The van der Waals surface area contributed by atoms with Gasteiger partial charge in [-0.15, -0.1) is 0 Å². The summed E-state index contributed by atoms with van der Waals surface area (Å²) in [6.45, 7) is 3.37. The van der Waals surface area contributed by atoms with Gasteiger partial charge in [-0.05, 0) is 53.8 Å². The Morgan fingerprint density at radius 2 is 1.36 bits per heavy atom. The number of carbonyl (C=O) groups is 1. The van der Waals surface area contributed by atoms with E-state index in [1.807, 2.05) is 65.6 Å². The Balaban J connectivity index is 1.39. The lowest BCUT2D eigenvalue weighted by Gasteiger charge is -2.48. The Labute approximate surface area is 213 Å². The van der Waals surface area contributed by atoms with Crippen molar-refractivity contribution in [3.05, 3.63) is 131 Å². The molecule has 1 heterocycles. The maximum Gasteiger partial charge on any atom is 0.258 e. The Kier molecular flexibility index (Phi) is 7.03. The first kappa shape index (κ1) is 23.7. The molecule has 0 aliphatic carbocycles. The number of para-hydroxylation sites is 1. The van der Waals surface area contributed by atoms with E-state index in [0.717, 1.165) is 41.8 Å². The van der Waals surface area contributed by atoms with Gasteiger partial charge in [-0.1, -0.05) is 91.9 Å². The number of amides is 1. The Hall–Kier alpha value is -4.05. The third-order valence-corrected chi connectivity index (χ3v) is 7.02. The van der Waals surface area contributed by atoms with E-state index in [4.69, 9.17) is 4.74 Å². The predicted molar refractivity (Wildman–Crippen MR) is 145 cm³/mol. The molecule has 0 saturated heterocycles. The van der Waals surface area contributed by atoms with Gasteiger partial charge in [0.2, 0.25) is 0 Å². The zero-order valence-corrected chi connectivity index (χ0v) is 20.7. The number of hydrogen-bond acceptors (Lipinski definition) is 3. The number of ether oxygens (including phenoxy) is 1. The maximum absolute atomic E-state index is 13.8. The van der Waals surface area contributed by atoms with Crippen molar-refractivity contribution in [1.82, 2.24) is 4.90 Å². The number of nitrogens with zero attached hydrogens (tertiary/aromatic N) is 1. The number of hydrogen-bond donors (Lipinski definition) is 1. The van der Waals surface area contributed by atoms with Gasteiger partial charge in [0, 0.05) is 18.7 Å². The number of fused-ring (bicyclic) bond motifs is 1. The summed E-state index contributed by atoms with van der Waals surface area (Å²) in [4.78, 5) is 15.8. The zero-order valence-electron chi connectivity index (χ0n) is 20.7. The molecule has 1 N–H and O–H groups in total. The van der Waals surface area contributed by atoms with Crippen LogP contribution in [0.5, 0.6) is 5.75 Å². The Bertz CT molecular complexity index is 1290. The van der Waals surface area contributed by atoms with E-state index in [9.17, 15) is 4.79 Å². The summed E-state index contributed by atoms with van der Waals surface area (Å²) in [6.07, 6.45) is 2.39. The summed E-state index contributed by atoms with van der Waals surface area (Å²) in [6, 6.07) is 36.7. The normalized spacial score (nSPS) is 16.8. The summed E-state index contributed by atoms with van der Waals surface area (Å²) in [5.74, 6) is 0.893. The lowest BCUT2D eigenvalue weighted by Crippen LogP contribution is -2.57. The lowest BCUT2D eigenvalue weighted by molar-refractivity contribution is 0.0487. The van der Waals surface area contributed by atoms with Crippen molar-refractivity contribution in [3.8, 4) is 5.75 Å². The largest absolute Gasteiger partial charge is 0.493 e. The fraction of sp³-hybridized carbons (Fsp3) is 0.219. The second kappa shape index (κ2) is 10.7. The van der Waals surface area contributed by atoms with Crippen LogP contribution in [0.25, 0.3) is 0 Å². The monoisotopic (exact) mass is 476 g/mol. The molecule has 182 valence electrons. The molecule has 0 saturated carbocycles. The number of rotatable bonds is 9. The molecule has 1 amide bonds. The molecule has 1 atom stereocenters. The summed E-state index contributed by atoms with van der Waals surface area (Å²) >= 11 is 0. The first-order chi connectivity index (χ1) is 17.7. The molecule has 4 nitrogen and oxygen atoms in total. The third kappa shape index (κ3) is 4.85. The summed E-state index contributed by atoms with van der Waals surface area (Å²) in [7, 11) is 0. The average Bonchev–Trinajstić information content (AvgIpc) is 2.94. The molecule has 36 heavy (non-hydrogen) atoms. The van der Waals surface area contributed by atoms with Gasteiger partial charge in [-0.25, -0.2) is 0 Å². The van der Waals surface area contributed by atoms with Crippen molar-refractivity contribution in [1.29, 1.82) is 0 Å². The first-order valence-electron chi connectivity index (χ1n) is 12.7. The molecular weight excluding hydrogens is 444 g/mol. The third-order valence-electron chi connectivity index (χ3n) is 7.02. The van der Waals surface area contributed by atoms with Crippen LogP contribution in [-0.2, 0) is 18.5 Å². The van der Waals surface area contributed by atoms with Crippen LogP contribution in [0.4, 0.5) is 5.69 Å². The van der Waals surface area contributed by atoms with Crippen LogP contribution in [0.15, 0.2) is 109 Å². The molecule has 0 aromatic heterocycles. The van der Waals surface area contributed by atoms with Gasteiger partial charge >= 0.3 is 0 Å². The molecule has 1 aliphatic heterocycles. The molecule has 1 aliphatic rings. The predicted octanol–water partition coefficient (Wildman–Crippen LogP) is 6.68. The smallest absolute Gasteiger partial charge is 0.258 e. The highest BCUT2D eigenvalue weighted by atomic mass is 16.5. The van der Waals surface area contributed by atoms with Crippen molar-refractivity contribution in [2.24, 2.45) is 0 Å². The molecule has 0 bridgehead atoms. The summed E-state index contributed by atoms with van der Waals surface area (Å²) in [5, 5.41) is 3.74. The van der Waals surface area contributed by atoms with E-state index in [1.165, 1.54) is 11.1 Å². The molecule has 0 spiro atoms. The van der Waals surface area contributed by atoms with Crippen molar-refractivity contribution in [2.45, 2.75) is 31.8 Å². The van der Waals surface area contributed by atoms with Crippen LogP contribution in [0.3, 0.4) is 0 Å². The number of benzene rings is 4. The van der Waals surface area contributed by atoms with E-state index < -0.39 is 5.66 Å². The van der Waals surface area contributed by atoms with Crippen molar-refractivity contribution in [3.63, 3.8) is 0 Å². The molecular formula is C32H32N2O2. The maximum atomic E-state index is 13.8. The number of nitrogens with one attached hydrogen (secondary N) is 1. The number of anilines is 1. The molecule has 4 heteroatoms. The Morgan fingerprint density at radius 1 is 0.750 bits per heavy atom. The Morgan fingerprint density at radius 3 is 2.03 bits per heavy atom. The minimum Gasteiger partial charge on any atom is -0.493 e. The van der Waals surface area contributed by atoms with Crippen LogP contribution in [-0.4, -0.2) is 24.0 Å². The van der Waals surface area contributed by atoms with Crippen molar-refractivity contribution < 1.29 is 9.53 Å². The van der Waals surface area contributed by atoms with Gasteiger partial charge in [0.05, 0.1) is 12.2 Å². The highest BCUT2D eigenvalue weighted by molar-refractivity contribution is 6.02. The molecule has 0 radical (unpaired) electrons. The van der Waals surface area contributed by atoms with Crippen LogP contribution in [0.2, 0.25) is 0 Å². The van der Waals surface area contributed by atoms with E-state index in [2.05, 4.69) is 60.8 Å². The van der Waals surface area contributed by atoms with Crippen LogP contribution in [0.1, 0.15) is 40.4 Å². The fourth-order valence-corrected chi connectivity index (χ4v) is 5.04. The number of carbonyl (C=O) groups excluding carboxylic acids is 1.